The van der Waals surface area contributed by atoms with Crippen LogP contribution in [0.25, 0.3) is 0 Å². The molecule has 2 aliphatic carbocycles. The molecule has 0 radical (unpaired) electrons. The van der Waals surface area contributed by atoms with Crippen LogP contribution in [0.2, 0.25) is 0 Å². The van der Waals surface area contributed by atoms with E-state index in [9.17, 15) is 4.79 Å². The summed E-state index contributed by atoms with van der Waals surface area (Å²) in [5.74, 6) is 1.37. The number of rotatable bonds is 6. The summed E-state index contributed by atoms with van der Waals surface area (Å²) in [4.78, 5) is 12.6. The van der Waals surface area contributed by atoms with Gasteiger partial charge in [0.05, 0.1) is 17.4 Å². The standard InChI is InChI=1S/C21H28N4O.2ClH/c1-21(2,3)25-13-17(12-23-25)24-20(26)16-6-4-5-15(9-16)18-10-19(18)22-11-14-7-8-14;;/h4-6,9,12-14,18-19,22H,7-8,10-11H2,1-3H3,(H,24,26);2*1H. The zero-order chi connectivity index (χ0) is 18.3. The van der Waals surface area contributed by atoms with E-state index in [1.54, 1.807) is 6.20 Å². The van der Waals surface area contributed by atoms with Crippen LogP contribution in [0, 0.1) is 5.92 Å². The molecule has 1 aromatic heterocycles. The van der Waals surface area contributed by atoms with E-state index >= 15 is 0 Å². The van der Waals surface area contributed by atoms with Crippen LogP contribution in [0.3, 0.4) is 0 Å². The van der Waals surface area contributed by atoms with Crippen LogP contribution >= 0.6 is 24.8 Å². The van der Waals surface area contributed by atoms with E-state index in [0.717, 1.165) is 18.2 Å². The molecule has 1 amide bonds. The van der Waals surface area contributed by atoms with Crippen molar-refractivity contribution in [3.05, 3.63) is 47.8 Å². The Balaban J connectivity index is 0.00000140. The van der Waals surface area contributed by atoms with Gasteiger partial charge in [-0.05, 0) is 70.2 Å². The first kappa shape index (κ1) is 22.7. The number of nitrogens with one attached hydrogen (secondary N) is 2. The number of benzene rings is 1. The van der Waals surface area contributed by atoms with Gasteiger partial charge in [-0.15, -0.1) is 24.8 Å². The predicted molar refractivity (Wildman–Crippen MR) is 118 cm³/mol. The lowest BCUT2D eigenvalue weighted by Gasteiger charge is -2.18. The number of anilines is 1. The SMILES string of the molecule is CC(C)(C)n1cc(NC(=O)c2cccc(C3CC3NCC3CC3)c2)cn1.Cl.Cl. The van der Waals surface area contributed by atoms with Crippen LogP contribution in [0.15, 0.2) is 36.7 Å². The van der Waals surface area contributed by atoms with Crippen molar-refractivity contribution >= 4 is 36.4 Å². The van der Waals surface area contributed by atoms with Crippen LogP contribution in [-0.2, 0) is 5.54 Å². The lowest BCUT2D eigenvalue weighted by molar-refractivity contribution is 0.102. The average molecular weight is 425 g/mol. The molecule has 0 spiro atoms. The molecule has 2 fully saturated rings. The summed E-state index contributed by atoms with van der Waals surface area (Å²) in [5, 5.41) is 11.0. The van der Waals surface area contributed by atoms with E-state index in [4.69, 9.17) is 0 Å². The fraction of sp³-hybridized carbons (Fsp3) is 0.524. The van der Waals surface area contributed by atoms with Crippen LogP contribution in [-0.4, -0.2) is 28.3 Å². The van der Waals surface area contributed by atoms with Gasteiger partial charge in [-0.3, -0.25) is 9.48 Å². The van der Waals surface area contributed by atoms with Gasteiger partial charge >= 0.3 is 0 Å². The van der Waals surface area contributed by atoms with Crippen LogP contribution < -0.4 is 10.6 Å². The Bertz CT molecular complexity index is 811. The molecule has 1 heterocycles. The van der Waals surface area contributed by atoms with Gasteiger partial charge in [-0.1, -0.05) is 12.1 Å². The van der Waals surface area contributed by atoms with Crippen molar-refractivity contribution in [3.8, 4) is 0 Å². The van der Waals surface area contributed by atoms with E-state index in [2.05, 4.69) is 42.6 Å². The van der Waals surface area contributed by atoms with E-state index in [-0.39, 0.29) is 36.3 Å². The minimum Gasteiger partial charge on any atom is -0.319 e. The Morgan fingerprint density at radius 2 is 2.00 bits per heavy atom. The van der Waals surface area contributed by atoms with Gasteiger partial charge < -0.3 is 10.6 Å². The molecule has 2 atom stereocenters. The third-order valence-electron chi connectivity index (χ3n) is 5.26. The van der Waals surface area contributed by atoms with Gasteiger partial charge in [-0.2, -0.15) is 5.10 Å². The third-order valence-corrected chi connectivity index (χ3v) is 5.26. The number of carbonyl (C=O) groups is 1. The highest BCUT2D eigenvalue weighted by atomic mass is 35.5. The summed E-state index contributed by atoms with van der Waals surface area (Å²) in [6.07, 6.45) is 7.51. The van der Waals surface area contributed by atoms with Crippen molar-refractivity contribution in [2.45, 2.75) is 57.5 Å². The third kappa shape index (κ3) is 5.49. The lowest BCUT2D eigenvalue weighted by Crippen LogP contribution is -2.22. The van der Waals surface area contributed by atoms with E-state index in [1.807, 2.05) is 29.1 Å². The zero-order valence-corrected chi connectivity index (χ0v) is 18.3. The molecule has 2 N–H and O–H groups in total. The van der Waals surface area contributed by atoms with E-state index in [0.29, 0.717) is 17.5 Å². The van der Waals surface area contributed by atoms with Gasteiger partial charge in [0.1, 0.15) is 0 Å². The van der Waals surface area contributed by atoms with Crippen LogP contribution in [0.5, 0.6) is 0 Å². The van der Waals surface area contributed by atoms with Crippen molar-refractivity contribution in [2.75, 3.05) is 11.9 Å². The Hall–Kier alpha value is -1.56. The van der Waals surface area contributed by atoms with Gasteiger partial charge in [0, 0.05) is 23.7 Å². The summed E-state index contributed by atoms with van der Waals surface area (Å²) >= 11 is 0. The first-order valence-corrected chi connectivity index (χ1v) is 9.60. The van der Waals surface area contributed by atoms with E-state index < -0.39 is 0 Å². The van der Waals surface area contributed by atoms with Crippen molar-refractivity contribution in [3.63, 3.8) is 0 Å². The first-order valence-electron chi connectivity index (χ1n) is 9.60. The van der Waals surface area contributed by atoms with Crippen molar-refractivity contribution in [1.29, 1.82) is 0 Å². The maximum absolute atomic E-state index is 12.6. The molecule has 2 aliphatic rings. The Labute approximate surface area is 179 Å². The summed E-state index contributed by atoms with van der Waals surface area (Å²) < 4.78 is 1.86. The average Bonchev–Trinajstić information content (AvgIpc) is 3.51. The molecule has 2 unspecified atom stereocenters. The normalized spacial score (nSPS) is 20.7. The smallest absolute Gasteiger partial charge is 0.255 e. The lowest BCUT2D eigenvalue weighted by atomic mass is 10.1. The molecule has 7 heteroatoms. The number of halogens is 2. The van der Waals surface area contributed by atoms with Crippen LogP contribution in [0.1, 0.15) is 61.9 Å². The molecule has 0 aliphatic heterocycles. The topological polar surface area (TPSA) is 59.0 Å². The summed E-state index contributed by atoms with van der Waals surface area (Å²) in [6.45, 7) is 7.40. The monoisotopic (exact) mass is 424 g/mol. The summed E-state index contributed by atoms with van der Waals surface area (Å²) in [6, 6.07) is 8.62. The molecule has 1 aromatic carbocycles. The quantitative estimate of drug-likeness (QED) is 0.712. The molecular weight excluding hydrogens is 395 g/mol. The maximum atomic E-state index is 12.6. The molecule has 2 saturated carbocycles. The van der Waals surface area contributed by atoms with E-state index in [1.165, 1.54) is 24.8 Å². The highest BCUT2D eigenvalue weighted by molar-refractivity contribution is 6.04. The summed E-state index contributed by atoms with van der Waals surface area (Å²) in [5.41, 5.74) is 2.60. The fourth-order valence-corrected chi connectivity index (χ4v) is 3.30. The highest BCUT2D eigenvalue weighted by Gasteiger charge is 2.39. The molecular formula is C21H30Cl2N4O. The molecule has 0 saturated heterocycles. The number of nitrogens with zero attached hydrogens (tertiary/aromatic N) is 2. The zero-order valence-electron chi connectivity index (χ0n) is 16.6. The number of aromatic nitrogens is 2. The number of amides is 1. The molecule has 2 aromatic rings. The van der Waals surface area contributed by atoms with Gasteiger partial charge in [0.15, 0.2) is 0 Å². The minimum absolute atomic E-state index is 0. The second-order valence-electron chi connectivity index (χ2n) is 8.72. The highest BCUT2D eigenvalue weighted by Crippen LogP contribution is 2.41. The molecule has 154 valence electrons. The first-order chi connectivity index (χ1) is 12.4. The largest absolute Gasteiger partial charge is 0.319 e. The Morgan fingerprint density at radius 3 is 2.64 bits per heavy atom. The fourth-order valence-electron chi connectivity index (χ4n) is 3.30. The van der Waals surface area contributed by atoms with Crippen LogP contribution in [0.4, 0.5) is 5.69 Å². The Morgan fingerprint density at radius 1 is 1.25 bits per heavy atom. The van der Waals surface area contributed by atoms with Gasteiger partial charge in [0.25, 0.3) is 5.91 Å². The van der Waals surface area contributed by atoms with Gasteiger partial charge in [0.2, 0.25) is 0 Å². The number of carbonyl (C=O) groups excluding carboxylic acids is 1. The Kier molecular flexibility index (Phi) is 7.18. The molecule has 0 bridgehead atoms. The maximum Gasteiger partial charge on any atom is 0.255 e. The summed E-state index contributed by atoms with van der Waals surface area (Å²) in [7, 11) is 0. The molecule has 5 nitrogen and oxygen atoms in total. The second kappa shape index (κ2) is 8.85. The molecule has 4 rings (SSSR count). The van der Waals surface area contributed by atoms with Gasteiger partial charge in [-0.25, -0.2) is 0 Å². The minimum atomic E-state index is -0.0999. The second-order valence-corrected chi connectivity index (χ2v) is 8.72. The van der Waals surface area contributed by atoms with Crippen molar-refractivity contribution in [2.24, 2.45) is 5.92 Å². The number of hydrogen-bond donors (Lipinski definition) is 2. The molecule has 28 heavy (non-hydrogen) atoms. The predicted octanol–water partition coefficient (Wildman–Crippen LogP) is 4.59. The number of hydrogen-bond acceptors (Lipinski definition) is 3. The van der Waals surface area contributed by atoms with Crippen molar-refractivity contribution < 1.29 is 4.79 Å². The van der Waals surface area contributed by atoms with Crippen molar-refractivity contribution in [1.82, 2.24) is 15.1 Å².